The Hall–Kier alpha value is -0.210. The maximum Gasteiger partial charge on any atom is -0.00276 e. The van der Waals surface area contributed by atoms with Crippen molar-refractivity contribution >= 4 is 11.9 Å². The lowest BCUT2D eigenvalue weighted by molar-refractivity contribution is 1.52. The Morgan fingerprint density at radius 2 is 2.12 bits per heavy atom. The summed E-state index contributed by atoms with van der Waals surface area (Å²) in [6.45, 7) is 7.60. The molecule has 0 unspecified atom stereocenters. The topological polar surface area (TPSA) is 26.0 Å². The van der Waals surface area contributed by atoms with E-state index >= 15 is 0 Å². The smallest absolute Gasteiger partial charge is 0.00276 e. The molecule has 0 bridgehead atoms. The first-order chi connectivity index (χ1) is 3.66. The Balaban J connectivity index is 3.75. The Bertz CT molecular complexity index is 116. The lowest BCUT2D eigenvalue weighted by atomic mass is 10.3. The molecule has 0 aliphatic carbocycles. The molecule has 0 aliphatic rings. The molecule has 0 spiro atoms. The van der Waals surface area contributed by atoms with E-state index in [9.17, 15) is 0 Å². The molecule has 0 rings (SSSR count). The molecule has 0 aromatic rings. The minimum absolute atomic E-state index is 1.04. The van der Waals surface area contributed by atoms with E-state index in [1.54, 1.807) is 0 Å². The Morgan fingerprint density at radius 1 is 1.62 bits per heavy atom. The molecular formula is C6H11NS. The first-order valence-electron chi connectivity index (χ1n) is 2.37. The van der Waals surface area contributed by atoms with Gasteiger partial charge < -0.3 is 0 Å². The maximum absolute atomic E-state index is 5.23. The second kappa shape index (κ2) is 3.75. The van der Waals surface area contributed by atoms with E-state index in [0.29, 0.717) is 0 Å². The summed E-state index contributed by atoms with van der Waals surface area (Å²) in [6, 6.07) is 0. The standard InChI is InChI=1S/C6H11NS/c1-5(2)4-6(3)8-7/h4H,1,7H2,2-3H3/b6-4-. The number of hydrogen-bond donors (Lipinski definition) is 1. The molecule has 0 aliphatic heterocycles. The molecule has 0 fully saturated rings. The highest BCUT2D eigenvalue weighted by Crippen LogP contribution is 2.07. The summed E-state index contributed by atoms with van der Waals surface area (Å²) in [5.74, 6) is 0. The van der Waals surface area contributed by atoms with Gasteiger partial charge in [-0.1, -0.05) is 24.1 Å². The molecule has 0 saturated heterocycles. The van der Waals surface area contributed by atoms with Gasteiger partial charge in [0, 0.05) is 0 Å². The van der Waals surface area contributed by atoms with Crippen LogP contribution in [0.1, 0.15) is 13.8 Å². The molecule has 2 heteroatoms. The van der Waals surface area contributed by atoms with E-state index in [-0.39, 0.29) is 0 Å². The molecular weight excluding hydrogens is 118 g/mol. The van der Waals surface area contributed by atoms with Gasteiger partial charge in [0.05, 0.1) is 0 Å². The normalized spacial score (nSPS) is 11.6. The zero-order valence-electron chi connectivity index (χ0n) is 5.27. The van der Waals surface area contributed by atoms with Crippen molar-refractivity contribution in [3.05, 3.63) is 23.1 Å². The second-order valence-corrected chi connectivity index (χ2v) is 2.60. The minimum Gasteiger partial charge on any atom is -0.274 e. The fourth-order valence-corrected chi connectivity index (χ4v) is 0.650. The van der Waals surface area contributed by atoms with Crippen molar-refractivity contribution in [1.29, 1.82) is 0 Å². The predicted octanol–water partition coefficient (Wildman–Crippen LogP) is 2.07. The highest BCUT2D eigenvalue weighted by molar-refractivity contribution is 8.00. The molecule has 0 aromatic carbocycles. The molecule has 2 N–H and O–H groups in total. The van der Waals surface area contributed by atoms with Crippen molar-refractivity contribution in [3.63, 3.8) is 0 Å². The van der Waals surface area contributed by atoms with Gasteiger partial charge in [-0.2, -0.15) is 0 Å². The Labute approximate surface area is 54.8 Å². The number of allylic oxidation sites excluding steroid dienone is 3. The van der Waals surface area contributed by atoms with Crippen LogP contribution >= 0.6 is 11.9 Å². The lowest BCUT2D eigenvalue weighted by Gasteiger charge is -1.90. The summed E-state index contributed by atoms with van der Waals surface area (Å²) in [5.41, 5.74) is 1.04. The van der Waals surface area contributed by atoms with E-state index in [1.807, 2.05) is 19.9 Å². The van der Waals surface area contributed by atoms with E-state index in [0.717, 1.165) is 10.5 Å². The first kappa shape index (κ1) is 7.79. The highest BCUT2D eigenvalue weighted by Gasteiger charge is 1.81. The van der Waals surface area contributed by atoms with Crippen LogP contribution in [0.25, 0.3) is 0 Å². The molecule has 1 nitrogen and oxygen atoms in total. The summed E-state index contributed by atoms with van der Waals surface area (Å²) in [4.78, 5) is 1.09. The van der Waals surface area contributed by atoms with Gasteiger partial charge in [0.1, 0.15) is 0 Å². The van der Waals surface area contributed by atoms with Crippen LogP contribution in [0, 0.1) is 0 Å². The molecule has 0 saturated carbocycles. The van der Waals surface area contributed by atoms with Gasteiger partial charge in [-0.15, -0.1) is 0 Å². The molecule has 0 amide bonds. The molecule has 0 radical (unpaired) electrons. The van der Waals surface area contributed by atoms with Crippen molar-refractivity contribution in [2.75, 3.05) is 0 Å². The molecule has 0 atom stereocenters. The van der Waals surface area contributed by atoms with Crippen LogP contribution in [0.15, 0.2) is 23.1 Å². The highest BCUT2D eigenvalue weighted by atomic mass is 32.2. The summed E-state index contributed by atoms with van der Waals surface area (Å²) < 4.78 is 0. The lowest BCUT2D eigenvalue weighted by Crippen LogP contribution is -1.77. The SMILES string of the molecule is C=C(C)/C=C(/C)SN. The third-order valence-corrected chi connectivity index (χ3v) is 1.13. The van der Waals surface area contributed by atoms with Crippen LogP contribution < -0.4 is 5.14 Å². The predicted molar refractivity (Wildman–Crippen MR) is 40.3 cm³/mol. The molecule has 8 heavy (non-hydrogen) atoms. The number of hydrogen-bond acceptors (Lipinski definition) is 2. The third-order valence-electron chi connectivity index (χ3n) is 0.636. The zero-order chi connectivity index (χ0) is 6.57. The third kappa shape index (κ3) is 3.96. The zero-order valence-corrected chi connectivity index (χ0v) is 6.09. The van der Waals surface area contributed by atoms with Gasteiger partial charge in [-0.05, 0) is 24.8 Å². The van der Waals surface area contributed by atoms with Crippen LogP contribution in [-0.2, 0) is 0 Å². The van der Waals surface area contributed by atoms with Crippen LogP contribution in [0.2, 0.25) is 0 Å². The largest absolute Gasteiger partial charge is 0.274 e. The molecule has 46 valence electrons. The first-order valence-corrected chi connectivity index (χ1v) is 3.25. The van der Waals surface area contributed by atoms with Gasteiger partial charge in [-0.25, -0.2) is 0 Å². The average molecular weight is 129 g/mol. The van der Waals surface area contributed by atoms with E-state index in [4.69, 9.17) is 5.14 Å². The van der Waals surface area contributed by atoms with E-state index in [1.165, 1.54) is 11.9 Å². The van der Waals surface area contributed by atoms with E-state index < -0.39 is 0 Å². The summed E-state index contributed by atoms with van der Waals surface area (Å²) in [5, 5.41) is 5.23. The van der Waals surface area contributed by atoms with Crippen LogP contribution in [-0.4, -0.2) is 0 Å². The van der Waals surface area contributed by atoms with Gasteiger partial charge in [-0.3, -0.25) is 5.14 Å². The van der Waals surface area contributed by atoms with Crippen molar-refractivity contribution in [2.24, 2.45) is 5.14 Å². The Kier molecular flexibility index (Phi) is 3.65. The van der Waals surface area contributed by atoms with Crippen LogP contribution in [0.5, 0.6) is 0 Å². The maximum atomic E-state index is 5.23. The molecule has 0 aromatic heterocycles. The van der Waals surface area contributed by atoms with Gasteiger partial charge >= 0.3 is 0 Å². The minimum atomic E-state index is 1.04. The van der Waals surface area contributed by atoms with Crippen LogP contribution in [0.4, 0.5) is 0 Å². The van der Waals surface area contributed by atoms with Crippen molar-refractivity contribution in [3.8, 4) is 0 Å². The fraction of sp³-hybridized carbons (Fsp3) is 0.333. The second-order valence-electron chi connectivity index (χ2n) is 1.72. The van der Waals surface area contributed by atoms with Crippen molar-refractivity contribution < 1.29 is 0 Å². The van der Waals surface area contributed by atoms with Crippen molar-refractivity contribution in [2.45, 2.75) is 13.8 Å². The van der Waals surface area contributed by atoms with Gasteiger partial charge in [0.2, 0.25) is 0 Å². The van der Waals surface area contributed by atoms with E-state index in [2.05, 4.69) is 6.58 Å². The van der Waals surface area contributed by atoms with Gasteiger partial charge in [0.15, 0.2) is 0 Å². The fourth-order valence-electron chi connectivity index (χ4n) is 0.381. The van der Waals surface area contributed by atoms with Crippen LogP contribution in [0.3, 0.4) is 0 Å². The quantitative estimate of drug-likeness (QED) is 0.456. The summed E-state index contributed by atoms with van der Waals surface area (Å²) >= 11 is 1.25. The monoisotopic (exact) mass is 129 g/mol. The number of nitrogens with two attached hydrogens (primary N) is 1. The van der Waals surface area contributed by atoms with Gasteiger partial charge in [0.25, 0.3) is 0 Å². The summed E-state index contributed by atoms with van der Waals surface area (Å²) in [6.07, 6.45) is 1.95. The van der Waals surface area contributed by atoms with Crippen molar-refractivity contribution in [1.82, 2.24) is 0 Å². The molecule has 0 heterocycles. The number of rotatable bonds is 2. The summed E-state index contributed by atoms with van der Waals surface area (Å²) in [7, 11) is 0. The average Bonchev–Trinajstić information content (AvgIpc) is 1.65. The Morgan fingerprint density at radius 3 is 2.25 bits per heavy atom.